The van der Waals surface area contributed by atoms with Gasteiger partial charge in [-0.25, -0.2) is 4.98 Å². The summed E-state index contributed by atoms with van der Waals surface area (Å²) in [6.07, 6.45) is 0. The van der Waals surface area contributed by atoms with Crippen molar-refractivity contribution < 1.29 is 13.9 Å². The van der Waals surface area contributed by atoms with Crippen LogP contribution in [-0.4, -0.2) is 59.6 Å². The minimum absolute atomic E-state index is 0.0251. The number of aromatic nitrogens is 1. The number of oxazole rings is 1. The molecule has 6 nitrogen and oxygen atoms in total. The molecule has 3 heterocycles. The van der Waals surface area contributed by atoms with Crippen molar-refractivity contribution >= 4 is 17.2 Å². The Morgan fingerprint density at radius 3 is 2.67 bits per heavy atom. The summed E-state index contributed by atoms with van der Waals surface area (Å²) >= 11 is 1.55. The number of ether oxygens (including phenoxy) is 1. The van der Waals surface area contributed by atoms with Crippen LogP contribution in [0.1, 0.15) is 28.7 Å². The average molecular weight is 426 g/mol. The van der Waals surface area contributed by atoms with E-state index in [0.717, 1.165) is 43.3 Å². The first-order valence-corrected chi connectivity index (χ1v) is 11.2. The average Bonchev–Trinajstić information content (AvgIpc) is 3.43. The molecule has 0 bridgehead atoms. The number of hydrogen-bond donors (Lipinski definition) is 0. The lowest BCUT2D eigenvalue weighted by molar-refractivity contribution is 0.0227. The molecule has 1 aromatic carbocycles. The molecule has 0 aliphatic carbocycles. The molecule has 158 valence electrons. The third kappa shape index (κ3) is 4.80. The molecule has 0 radical (unpaired) electrons. The maximum atomic E-state index is 13.6. The zero-order valence-electron chi connectivity index (χ0n) is 17.4. The van der Waals surface area contributed by atoms with Crippen molar-refractivity contribution in [2.45, 2.75) is 26.4 Å². The smallest absolute Gasteiger partial charge is 0.276 e. The van der Waals surface area contributed by atoms with Crippen LogP contribution in [0.15, 0.2) is 52.3 Å². The third-order valence-electron chi connectivity index (χ3n) is 5.35. The fraction of sp³-hybridized carbons (Fsp3) is 0.391. The number of hydrogen-bond acceptors (Lipinski definition) is 6. The molecule has 0 spiro atoms. The highest BCUT2D eigenvalue weighted by molar-refractivity contribution is 7.13. The number of aryl methyl sites for hydroxylation is 1. The summed E-state index contributed by atoms with van der Waals surface area (Å²) in [6, 6.07) is 14.0. The summed E-state index contributed by atoms with van der Waals surface area (Å²) in [5, 5.41) is 1.97. The standard InChI is InChI=1S/C23H27N3O3S/c1-17(15-25-10-12-28-13-11-25)26(16-19-7-4-3-5-8-19)23(27)21-18(2)29-22(24-21)20-9-6-14-30-20/h3-9,14,17H,10-13,15-16H2,1-2H3. The van der Waals surface area contributed by atoms with Crippen molar-refractivity contribution in [1.29, 1.82) is 0 Å². The van der Waals surface area contributed by atoms with Crippen LogP contribution < -0.4 is 0 Å². The second kappa shape index (κ2) is 9.55. The molecule has 1 amide bonds. The van der Waals surface area contributed by atoms with Crippen molar-refractivity contribution in [1.82, 2.24) is 14.8 Å². The topological polar surface area (TPSA) is 58.8 Å². The Kier molecular flexibility index (Phi) is 6.62. The summed E-state index contributed by atoms with van der Waals surface area (Å²) in [6.45, 7) is 8.52. The zero-order chi connectivity index (χ0) is 20.9. The Morgan fingerprint density at radius 2 is 1.97 bits per heavy atom. The lowest BCUT2D eigenvalue weighted by Gasteiger charge is -2.35. The van der Waals surface area contributed by atoms with Gasteiger partial charge in [0.2, 0.25) is 5.89 Å². The molecule has 2 aromatic heterocycles. The Bertz CT molecular complexity index is 950. The zero-order valence-corrected chi connectivity index (χ0v) is 18.2. The van der Waals surface area contributed by atoms with Gasteiger partial charge in [0.15, 0.2) is 5.69 Å². The van der Waals surface area contributed by atoms with E-state index in [4.69, 9.17) is 9.15 Å². The van der Waals surface area contributed by atoms with Crippen molar-refractivity contribution in [3.8, 4) is 10.8 Å². The minimum Gasteiger partial charge on any atom is -0.440 e. The largest absolute Gasteiger partial charge is 0.440 e. The first-order chi connectivity index (χ1) is 14.6. The van der Waals surface area contributed by atoms with Gasteiger partial charge < -0.3 is 14.1 Å². The van der Waals surface area contributed by atoms with Gasteiger partial charge in [0.1, 0.15) is 5.76 Å². The summed E-state index contributed by atoms with van der Waals surface area (Å²) in [5.41, 5.74) is 1.49. The molecule has 7 heteroatoms. The monoisotopic (exact) mass is 425 g/mol. The first kappa shape index (κ1) is 20.8. The maximum absolute atomic E-state index is 13.6. The summed E-state index contributed by atoms with van der Waals surface area (Å²) in [4.78, 5) is 23.4. The molecule has 4 rings (SSSR count). The van der Waals surface area contributed by atoms with E-state index in [0.29, 0.717) is 23.9 Å². The normalized spacial score (nSPS) is 15.8. The van der Waals surface area contributed by atoms with Crippen LogP contribution in [0.25, 0.3) is 10.8 Å². The number of carbonyl (C=O) groups is 1. The van der Waals surface area contributed by atoms with Gasteiger partial charge >= 0.3 is 0 Å². The fourth-order valence-electron chi connectivity index (χ4n) is 3.70. The fourth-order valence-corrected chi connectivity index (χ4v) is 4.35. The van der Waals surface area contributed by atoms with Gasteiger partial charge in [0.25, 0.3) is 5.91 Å². The van der Waals surface area contributed by atoms with Gasteiger partial charge in [-0.2, -0.15) is 0 Å². The minimum atomic E-state index is -0.0938. The second-order valence-electron chi connectivity index (χ2n) is 7.58. The van der Waals surface area contributed by atoms with Gasteiger partial charge in [-0.1, -0.05) is 36.4 Å². The molecule has 1 aliphatic rings. The van der Waals surface area contributed by atoms with Gasteiger partial charge in [-0.15, -0.1) is 11.3 Å². The van der Waals surface area contributed by atoms with E-state index in [2.05, 4.69) is 28.9 Å². The predicted octanol–water partition coefficient (Wildman–Crippen LogP) is 4.07. The van der Waals surface area contributed by atoms with Crippen LogP contribution in [0, 0.1) is 6.92 Å². The predicted molar refractivity (Wildman–Crippen MR) is 118 cm³/mol. The van der Waals surface area contributed by atoms with Crippen LogP contribution in [0.2, 0.25) is 0 Å². The van der Waals surface area contributed by atoms with Crippen LogP contribution in [0.5, 0.6) is 0 Å². The molecule has 1 fully saturated rings. The third-order valence-corrected chi connectivity index (χ3v) is 6.20. The SMILES string of the molecule is Cc1oc(-c2cccs2)nc1C(=O)N(Cc1ccccc1)C(C)CN1CCOCC1. The van der Waals surface area contributed by atoms with Gasteiger partial charge in [-0.3, -0.25) is 9.69 Å². The highest BCUT2D eigenvalue weighted by atomic mass is 32.1. The molecule has 30 heavy (non-hydrogen) atoms. The Balaban J connectivity index is 1.58. The number of carbonyl (C=O) groups excluding carboxylic acids is 1. The number of thiophene rings is 1. The van der Waals surface area contributed by atoms with E-state index in [-0.39, 0.29) is 11.9 Å². The molecule has 1 unspecified atom stereocenters. The van der Waals surface area contributed by atoms with Crippen molar-refractivity contribution in [2.24, 2.45) is 0 Å². The highest BCUT2D eigenvalue weighted by Crippen LogP contribution is 2.27. The molecule has 3 aromatic rings. The molecular formula is C23H27N3O3S. The number of benzene rings is 1. The molecule has 0 N–H and O–H groups in total. The van der Waals surface area contributed by atoms with Crippen molar-refractivity contribution in [3.05, 3.63) is 64.9 Å². The first-order valence-electron chi connectivity index (χ1n) is 10.3. The summed E-state index contributed by atoms with van der Waals surface area (Å²) in [7, 11) is 0. The van der Waals surface area contributed by atoms with E-state index in [1.807, 2.05) is 47.5 Å². The Hall–Kier alpha value is -2.48. The quantitative estimate of drug-likeness (QED) is 0.571. The molecule has 1 saturated heterocycles. The van der Waals surface area contributed by atoms with Crippen molar-refractivity contribution in [2.75, 3.05) is 32.8 Å². The maximum Gasteiger partial charge on any atom is 0.276 e. The lowest BCUT2D eigenvalue weighted by atomic mass is 10.1. The van der Waals surface area contributed by atoms with Crippen molar-refractivity contribution in [3.63, 3.8) is 0 Å². The van der Waals surface area contributed by atoms with E-state index in [1.165, 1.54) is 0 Å². The number of amides is 1. The number of nitrogens with zero attached hydrogens (tertiary/aromatic N) is 3. The van der Waals surface area contributed by atoms with Crippen LogP contribution >= 0.6 is 11.3 Å². The highest BCUT2D eigenvalue weighted by Gasteiger charge is 2.28. The van der Waals surface area contributed by atoms with Crippen LogP contribution in [0.3, 0.4) is 0 Å². The number of rotatable bonds is 7. The molecule has 0 saturated carbocycles. The Morgan fingerprint density at radius 1 is 1.20 bits per heavy atom. The Labute approximate surface area is 181 Å². The molecular weight excluding hydrogens is 398 g/mol. The number of morpholine rings is 1. The van der Waals surface area contributed by atoms with E-state index in [1.54, 1.807) is 11.3 Å². The van der Waals surface area contributed by atoms with Gasteiger partial charge in [-0.05, 0) is 30.9 Å². The van der Waals surface area contributed by atoms with Crippen LogP contribution in [0.4, 0.5) is 0 Å². The molecule has 1 aliphatic heterocycles. The molecule has 1 atom stereocenters. The lowest BCUT2D eigenvalue weighted by Crippen LogP contribution is -2.48. The van der Waals surface area contributed by atoms with Crippen LogP contribution in [-0.2, 0) is 11.3 Å². The summed E-state index contributed by atoms with van der Waals surface area (Å²) < 4.78 is 11.3. The second-order valence-corrected chi connectivity index (χ2v) is 8.53. The summed E-state index contributed by atoms with van der Waals surface area (Å²) in [5.74, 6) is 0.968. The van der Waals surface area contributed by atoms with E-state index in [9.17, 15) is 4.79 Å². The van der Waals surface area contributed by atoms with E-state index < -0.39 is 0 Å². The van der Waals surface area contributed by atoms with Gasteiger partial charge in [0, 0.05) is 32.2 Å². The van der Waals surface area contributed by atoms with E-state index >= 15 is 0 Å². The van der Waals surface area contributed by atoms with Gasteiger partial charge in [0.05, 0.1) is 18.1 Å².